The Hall–Kier alpha value is -2.25. The number of pyridine rings is 1. The van der Waals surface area contributed by atoms with E-state index in [0.29, 0.717) is 24.2 Å². The Morgan fingerprint density at radius 1 is 1.18 bits per heavy atom. The molecule has 0 fully saturated rings. The van der Waals surface area contributed by atoms with Crippen LogP contribution >= 0.6 is 0 Å². The van der Waals surface area contributed by atoms with Crippen molar-refractivity contribution in [3.63, 3.8) is 0 Å². The second-order valence-corrected chi connectivity index (χ2v) is 6.93. The summed E-state index contributed by atoms with van der Waals surface area (Å²) in [6.07, 6.45) is 1.85. The molecule has 0 aliphatic carbocycles. The van der Waals surface area contributed by atoms with E-state index in [4.69, 9.17) is 0 Å². The molecule has 0 bridgehead atoms. The Bertz CT molecular complexity index is 819. The van der Waals surface area contributed by atoms with Crippen LogP contribution in [0.15, 0.2) is 47.5 Å². The maximum Gasteiger partial charge on any atom is 0.336 e. The predicted octanol–water partition coefficient (Wildman–Crippen LogP) is 1.53. The SMILES string of the molecule is O=C(O)c1ccnc2c1CN(S(=O)(=O)c1ccccc1)CC2. The molecule has 6 nitrogen and oxygen atoms in total. The molecule has 1 N–H and O–H groups in total. The van der Waals surface area contributed by atoms with Crippen LogP contribution in [0, 0.1) is 0 Å². The number of carboxylic acid groups (broad SMARTS) is 1. The summed E-state index contributed by atoms with van der Waals surface area (Å²) < 4.78 is 26.6. The first-order valence-corrected chi connectivity index (χ1v) is 8.19. The van der Waals surface area contributed by atoms with Gasteiger partial charge in [0, 0.05) is 37.0 Å². The molecular formula is C15H14N2O4S. The lowest BCUT2D eigenvalue weighted by Crippen LogP contribution is -2.37. The summed E-state index contributed by atoms with van der Waals surface area (Å²) in [4.78, 5) is 15.7. The fraction of sp³-hybridized carbons (Fsp3) is 0.200. The van der Waals surface area contributed by atoms with E-state index in [1.807, 2.05) is 0 Å². The van der Waals surface area contributed by atoms with Gasteiger partial charge in [0.2, 0.25) is 10.0 Å². The zero-order chi connectivity index (χ0) is 15.7. The predicted molar refractivity (Wildman–Crippen MR) is 78.9 cm³/mol. The van der Waals surface area contributed by atoms with Crippen molar-refractivity contribution in [1.82, 2.24) is 9.29 Å². The molecule has 0 amide bonds. The molecule has 1 aliphatic heterocycles. The van der Waals surface area contributed by atoms with Gasteiger partial charge in [0.25, 0.3) is 0 Å². The van der Waals surface area contributed by atoms with Crippen LogP contribution in [-0.2, 0) is 23.0 Å². The number of hydrogen-bond acceptors (Lipinski definition) is 4. The largest absolute Gasteiger partial charge is 0.478 e. The van der Waals surface area contributed by atoms with Crippen LogP contribution in [0.1, 0.15) is 21.6 Å². The lowest BCUT2D eigenvalue weighted by molar-refractivity contribution is 0.0694. The molecule has 1 aromatic carbocycles. The molecule has 0 saturated carbocycles. The Labute approximate surface area is 128 Å². The highest BCUT2D eigenvalue weighted by Crippen LogP contribution is 2.26. The number of rotatable bonds is 3. The highest BCUT2D eigenvalue weighted by atomic mass is 32.2. The van der Waals surface area contributed by atoms with Crippen molar-refractivity contribution in [2.75, 3.05) is 6.54 Å². The van der Waals surface area contributed by atoms with Crippen molar-refractivity contribution in [1.29, 1.82) is 0 Å². The monoisotopic (exact) mass is 318 g/mol. The lowest BCUT2D eigenvalue weighted by Gasteiger charge is -2.28. The standard InChI is InChI=1S/C15H14N2O4S/c18-15(19)12-6-8-16-14-7-9-17(10-13(12)14)22(20,21)11-4-2-1-3-5-11/h1-6,8H,7,9-10H2,(H,18,19). The maximum absolute atomic E-state index is 12.6. The van der Waals surface area contributed by atoms with Crippen LogP contribution < -0.4 is 0 Å². The van der Waals surface area contributed by atoms with Crippen molar-refractivity contribution in [2.24, 2.45) is 0 Å². The number of aromatic nitrogens is 1. The number of carbonyl (C=O) groups is 1. The summed E-state index contributed by atoms with van der Waals surface area (Å²) in [5, 5.41) is 9.25. The van der Waals surface area contributed by atoms with E-state index in [2.05, 4.69) is 4.98 Å². The number of nitrogens with zero attached hydrogens (tertiary/aromatic N) is 2. The minimum atomic E-state index is -3.63. The normalized spacial score (nSPS) is 15.3. The van der Waals surface area contributed by atoms with Gasteiger partial charge in [0.1, 0.15) is 0 Å². The van der Waals surface area contributed by atoms with Gasteiger partial charge < -0.3 is 5.11 Å². The molecule has 0 atom stereocenters. The number of hydrogen-bond donors (Lipinski definition) is 1. The van der Waals surface area contributed by atoms with Crippen molar-refractivity contribution in [3.8, 4) is 0 Å². The van der Waals surface area contributed by atoms with E-state index < -0.39 is 16.0 Å². The molecule has 0 radical (unpaired) electrons. The van der Waals surface area contributed by atoms with E-state index in [1.54, 1.807) is 18.2 Å². The zero-order valence-electron chi connectivity index (χ0n) is 11.6. The number of carboxylic acids is 1. The van der Waals surface area contributed by atoms with Gasteiger partial charge in [0.15, 0.2) is 0 Å². The molecule has 1 aromatic heterocycles. The van der Waals surface area contributed by atoms with Crippen molar-refractivity contribution < 1.29 is 18.3 Å². The fourth-order valence-electron chi connectivity index (χ4n) is 2.56. The van der Waals surface area contributed by atoms with E-state index in [-0.39, 0.29) is 17.0 Å². The fourth-order valence-corrected chi connectivity index (χ4v) is 3.99. The van der Waals surface area contributed by atoms with Crippen LogP contribution in [0.2, 0.25) is 0 Å². The third-order valence-electron chi connectivity index (χ3n) is 3.69. The Balaban J connectivity index is 2.00. The third kappa shape index (κ3) is 2.49. The topological polar surface area (TPSA) is 87.6 Å². The minimum absolute atomic E-state index is 0.0298. The molecule has 3 rings (SSSR count). The number of fused-ring (bicyclic) bond motifs is 1. The van der Waals surface area contributed by atoms with Crippen LogP contribution in [0.3, 0.4) is 0 Å². The van der Waals surface area contributed by atoms with Gasteiger partial charge in [-0.2, -0.15) is 4.31 Å². The third-order valence-corrected chi connectivity index (χ3v) is 5.55. The molecular weight excluding hydrogens is 304 g/mol. The average molecular weight is 318 g/mol. The van der Waals surface area contributed by atoms with Crippen LogP contribution in [0.25, 0.3) is 0 Å². The van der Waals surface area contributed by atoms with Crippen molar-refractivity contribution in [3.05, 3.63) is 59.4 Å². The van der Waals surface area contributed by atoms with Crippen LogP contribution in [0.4, 0.5) is 0 Å². The summed E-state index contributed by atoms with van der Waals surface area (Å²) >= 11 is 0. The van der Waals surface area contributed by atoms with Gasteiger partial charge in [-0.1, -0.05) is 18.2 Å². The Kier molecular flexibility index (Phi) is 3.67. The molecule has 0 spiro atoms. The van der Waals surface area contributed by atoms with E-state index >= 15 is 0 Å². The summed E-state index contributed by atoms with van der Waals surface area (Å²) in [5.41, 5.74) is 1.23. The van der Waals surface area contributed by atoms with Gasteiger partial charge in [0.05, 0.1) is 10.5 Å². The highest BCUT2D eigenvalue weighted by Gasteiger charge is 2.30. The molecule has 2 aromatic rings. The molecule has 22 heavy (non-hydrogen) atoms. The highest BCUT2D eigenvalue weighted by molar-refractivity contribution is 7.89. The quantitative estimate of drug-likeness (QED) is 0.927. The first kappa shape index (κ1) is 14.7. The summed E-state index contributed by atoms with van der Waals surface area (Å²) in [6.45, 7) is 0.322. The maximum atomic E-state index is 12.6. The number of sulfonamides is 1. The molecule has 1 aliphatic rings. The molecule has 2 heterocycles. The molecule has 0 saturated heterocycles. The molecule has 0 unspecified atom stereocenters. The minimum Gasteiger partial charge on any atom is -0.478 e. The zero-order valence-corrected chi connectivity index (χ0v) is 12.5. The number of benzene rings is 1. The smallest absolute Gasteiger partial charge is 0.336 e. The first-order chi connectivity index (χ1) is 10.5. The second-order valence-electron chi connectivity index (χ2n) is 4.99. The van der Waals surface area contributed by atoms with Gasteiger partial charge in [-0.15, -0.1) is 0 Å². The van der Waals surface area contributed by atoms with E-state index in [0.717, 1.165) is 0 Å². The van der Waals surface area contributed by atoms with Crippen LogP contribution in [0.5, 0.6) is 0 Å². The molecule has 114 valence electrons. The first-order valence-electron chi connectivity index (χ1n) is 6.75. The second kappa shape index (κ2) is 5.51. The van der Waals surface area contributed by atoms with Gasteiger partial charge in [-0.05, 0) is 18.2 Å². The summed E-state index contributed by atoms with van der Waals surface area (Å²) in [5.74, 6) is -1.07. The lowest BCUT2D eigenvalue weighted by atomic mass is 10.0. The van der Waals surface area contributed by atoms with E-state index in [9.17, 15) is 18.3 Å². The number of aromatic carboxylic acids is 1. The van der Waals surface area contributed by atoms with Crippen LogP contribution in [-0.4, -0.2) is 35.3 Å². The average Bonchev–Trinajstić information content (AvgIpc) is 2.54. The van der Waals surface area contributed by atoms with Gasteiger partial charge in [-0.25, -0.2) is 13.2 Å². The van der Waals surface area contributed by atoms with E-state index in [1.165, 1.54) is 28.7 Å². The molecule has 7 heteroatoms. The van der Waals surface area contributed by atoms with Crippen molar-refractivity contribution in [2.45, 2.75) is 17.9 Å². The van der Waals surface area contributed by atoms with Crippen molar-refractivity contribution >= 4 is 16.0 Å². The van der Waals surface area contributed by atoms with Gasteiger partial charge in [-0.3, -0.25) is 4.98 Å². The Morgan fingerprint density at radius 2 is 1.91 bits per heavy atom. The summed E-state index contributed by atoms with van der Waals surface area (Å²) in [7, 11) is -3.63. The summed E-state index contributed by atoms with van der Waals surface area (Å²) in [6, 6.07) is 9.54. The Morgan fingerprint density at radius 3 is 2.59 bits per heavy atom. The van der Waals surface area contributed by atoms with Gasteiger partial charge >= 0.3 is 5.97 Å².